The molecule has 0 radical (unpaired) electrons. The number of carboxylic acid groups (broad SMARTS) is 1. The number of benzene rings is 2. The summed E-state index contributed by atoms with van der Waals surface area (Å²) < 4.78 is 13.4. The highest BCUT2D eigenvalue weighted by Gasteiger charge is 2.09. The maximum atomic E-state index is 13.4. The summed E-state index contributed by atoms with van der Waals surface area (Å²) in [6.45, 7) is 5.64. The van der Waals surface area contributed by atoms with Crippen molar-refractivity contribution in [2.75, 3.05) is 0 Å². The molecule has 2 aromatic rings. The van der Waals surface area contributed by atoms with Gasteiger partial charge in [0.2, 0.25) is 0 Å². The molecule has 0 aliphatic carbocycles. The number of rotatable bonds is 3. The molecule has 0 atom stereocenters. The van der Waals surface area contributed by atoms with Crippen LogP contribution in [0.4, 0.5) is 4.39 Å². The number of hydrogen-bond acceptors (Lipinski definition) is 1. The summed E-state index contributed by atoms with van der Waals surface area (Å²) in [5.41, 5.74) is 5.27. The van der Waals surface area contributed by atoms with Gasteiger partial charge in [0, 0.05) is 6.08 Å². The van der Waals surface area contributed by atoms with Crippen molar-refractivity contribution >= 4 is 12.0 Å². The van der Waals surface area contributed by atoms with Gasteiger partial charge in [-0.2, -0.15) is 0 Å². The van der Waals surface area contributed by atoms with E-state index in [4.69, 9.17) is 5.11 Å². The van der Waals surface area contributed by atoms with Crippen LogP contribution in [0.1, 0.15) is 22.3 Å². The van der Waals surface area contributed by atoms with E-state index in [0.29, 0.717) is 5.56 Å². The van der Waals surface area contributed by atoms with E-state index in [1.807, 2.05) is 26.0 Å². The van der Waals surface area contributed by atoms with Crippen LogP contribution in [0.3, 0.4) is 0 Å². The minimum absolute atomic E-state index is 0.245. The Bertz CT molecular complexity index is 730. The number of aryl methyl sites for hydroxylation is 3. The third-order valence-electron chi connectivity index (χ3n) is 3.39. The molecule has 108 valence electrons. The van der Waals surface area contributed by atoms with Crippen molar-refractivity contribution < 1.29 is 14.3 Å². The minimum Gasteiger partial charge on any atom is -0.478 e. The maximum Gasteiger partial charge on any atom is 0.328 e. The van der Waals surface area contributed by atoms with Crippen molar-refractivity contribution in [2.45, 2.75) is 20.8 Å². The van der Waals surface area contributed by atoms with Crippen molar-refractivity contribution in [3.8, 4) is 11.1 Å². The van der Waals surface area contributed by atoms with Crippen molar-refractivity contribution in [3.05, 3.63) is 64.5 Å². The van der Waals surface area contributed by atoms with E-state index < -0.39 is 5.97 Å². The van der Waals surface area contributed by atoms with Gasteiger partial charge < -0.3 is 5.11 Å². The second-order valence-corrected chi connectivity index (χ2v) is 5.18. The van der Waals surface area contributed by atoms with Gasteiger partial charge in [-0.15, -0.1) is 0 Å². The van der Waals surface area contributed by atoms with Crippen LogP contribution < -0.4 is 0 Å². The fourth-order valence-corrected chi connectivity index (χ4v) is 2.41. The topological polar surface area (TPSA) is 37.3 Å². The summed E-state index contributed by atoms with van der Waals surface area (Å²) in [5.74, 6) is -1.23. The van der Waals surface area contributed by atoms with E-state index >= 15 is 0 Å². The quantitative estimate of drug-likeness (QED) is 0.842. The largest absolute Gasteiger partial charge is 0.478 e. The summed E-state index contributed by atoms with van der Waals surface area (Å²) in [5, 5.41) is 8.83. The molecule has 21 heavy (non-hydrogen) atoms. The zero-order valence-electron chi connectivity index (χ0n) is 12.3. The molecule has 0 spiro atoms. The van der Waals surface area contributed by atoms with Crippen LogP contribution in [0.15, 0.2) is 36.4 Å². The molecular weight excluding hydrogens is 267 g/mol. The second-order valence-electron chi connectivity index (χ2n) is 5.18. The lowest BCUT2D eigenvalue weighted by molar-refractivity contribution is -0.131. The van der Waals surface area contributed by atoms with Crippen molar-refractivity contribution in [3.63, 3.8) is 0 Å². The molecule has 0 saturated heterocycles. The molecule has 0 aromatic heterocycles. The number of halogens is 1. The number of carboxylic acids is 1. The lowest BCUT2D eigenvalue weighted by atomic mass is 9.92. The predicted molar refractivity (Wildman–Crippen MR) is 82.7 cm³/mol. The molecule has 1 N–H and O–H groups in total. The summed E-state index contributed by atoms with van der Waals surface area (Å²) in [6.07, 6.45) is 2.71. The molecule has 3 heteroatoms. The highest BCUT2D eigenvalue weighted by molar-refractivity contribution is 5.88. The summed E-state index contributed by atoms with van der Waals surface area (Å²) in [4.78, 5) is 10.8. The van der Waals surface area contributed by atoms with Gasteiger partial charge in [0.25, 0.3) is 0 Å². The third kappa shape index (κ3) is 3.37. The van der Waals surface area contributed by atoms with E-state index in [0.717, 1.165) is 33.9 Å². The normalized spacial score (nSPS) is 11.0. The lowest BCUT2D eigenvalue weighted by Crippen LogP contribution is -1.93. The van der Waals surface area contributed by atoms with Crippen LogP contribution in [-0.2, 0) is 4.79 Å². The Hall–Kier alpha value is -2.42. The standard InChI is InChI=1S/C18H17FO2/c1-11-8-12(2)15(5-7-18(20)21)16(9-11)14-4-6-17(19)13(3)10-14/h4-10H,1-3H3,(H,20,21). The first-order chi connectivity index (χ1) is 9.88. The first-order valence-electron chi connectivity index (χ1n) is 6.67. The lowest BCUT2D eigenvalue weighted by Gasteiger charge is -2.12. The Morgan fingerprint density at radius 3 is 2.43 bits per heavy atom. The minimum atomic E-state index is -0.990. The van der Waals surface area contributed by atoms with Crippen LogP contribution in [0.5, 0.6) is 0 Å². The van der Waals surface area contributed by atoms with Gasteiger partial charge in [-0.05, 0) is 66.8 Å². The Labute approximate surface area is 123 Å². The zero-order valence-corrected chi connectivity index (χ0v) is 12.3. The molecular formula is C18H17FO2. The highest BCUT2D eigenvalue weighted by atomic mass is 19.1. The van der Waals surface area contributed by atoms with Gasteiger partial charge in [-0.25, -0.2) is 9.18 Å². The number of hydrogen-bond donors (Lipinski definition) is 1. The summed E-state index contributed by atoms with van der Waals surface area (Å²) >= 11 is 0. The molecule has 0 fully saturated rings. The van der Waals surface area contributed by atoms with E-state index in [-0.39, 0.29) is 5.82 Å². The van der Waals surface area contributed by atoms with Crippen LogP contribution in [0.25, 0.3) is 17.2 Å². The Kier molecular flexibility index (Phi) is 4.22. The maximum absolute atomic E-state index is 13.4. The third-order valence-corrected chi connectivity index (χ3v) is 3.39. The van der Waals surface area contributed by atoms with E-state index in [9.17, 15) is 9.18 Å². The number of aliphatic carboxylic acids is 1. The fourth-order valence-electron chi connectivity index (χ4n) is 2.41. The first-order valence-corrected chi connectivity index (χ1v) is 6.67. The zero-order chi connectivity index (χ0) is 15.6. The van der Waals surface area contributed by atoms with E-state index in [2.05, 4.69) is 0 Å². The van der Waals surface area contributed by atoms with Crippen molar-refractivity contribution in [1.82, 2.24) is 0 Å². The summed E-state index contributed by atoms with van der Waals surface area (Å²) in [6, 6.07) is 8.92. The first kappa shape index (κ1) is 15.0. The van der Waals surface area contributed by atoms with Crippen molar-refractivity contribution in [2.24, 2.45) is 0 Å². The van der Waals surface area contributed by atoms with Crippen LogP contribution >= 0.6 is 0 Å². The molecule has 0 aliphatic heterocycles. The molecule has 0 saturated carbocycles. The average molecular weight is 284 g/mol. The molecule has 0 amide bonds. The van der Waals surface area contributed by atoms with Crippen molar-refractivity contribution in [1.29, 1.82) is 0 Å². The Balaban J connectivity index is 2.65. The van der Waals surface area contributed by atoms with E-state index in [1.165, 1.54) is 6.07 Å². The van der Waals surface area contributed by atoms with Gasteiger partial charge in [0.1, 0.15) is 5.82 Å². The van der Waals surface area contributed by atoms with Gasteiger partial charge in [-0.1, -0.05) is 23.8 Å². The molecule has 2 rings (SSSR count). The van der Waals surface area contributed by atoms with Gasteiger partial charge in [0.15, 0.2) is 0 Å². The molecule has 0 heterocycles. The number of carbonyl (C=O) groups is 1. The SMILES string of the molecule is Cc1cc(C)c(C=CC(=O)O)c(-c2ccc(F)c(C)c2)c1. The molecule has 0 aliphatic rings. The van der Waals surface area contributed by atoms with Crippen LogP contribution in [0.2, 0.25) is 0 Å². The fraction of sp³-hybridized carbons (Fsp3) is 0.167. The van der Waals surface area contributed by atoms with E-state index in [1.54, 1.807) is 25.1 Å². The van der Waals surface area contributed by atoms with Crippen LogP contribution in [0, 0.1) is 26.6 Å². The highest BCUT2D eigenvalue weighted by Crippen LogP contribution is 2.30. The van der Waals surface area contributed by atoms with Gasteiger partial charge >= 0.3 is 5.97 Å². The Morgan fingerprint density at radius 1 is 1.10 bits per heavy atom. The Morgan fingerprint density at radius 2 is 1.81 bits per heavy atom. The molecule has 0 bridgehead atoms. The average Bonchev–Trinajstić information content (AvgIpc) is 2.40. The molecule has 0 unspecified atom stereocenters. The second kappa shape index (κ2) is 5.92. The smallest absolute Gasteiger partial charge is 0.328 e. The summed E-state index contributed by atoms with van der Waals surface area (Å²) in [7, 11) is 0. The predicted octanol–water partition coefficient (Wildman–Crippen LogP) is 4.52. The molecule has 2 aromatic carbocycles. The van der Waals surface area contributed by atoms with Gasteiger partial charge in [-0.3, -0.25) is 0 Å². The molecule has 2 nitrogen and oxygen atoms in total. The van der Waals surface area contributed by atoms with Gasteiger partial charge in [0.05, 0.1) is 0 Å². The monoisotopic (exact) mass is 284 g/mol. The van der Waals surface area contributed by atoms with Crippen LogP contribution in [-0.4, -0.2) is 11.1 Å².